The highest BCUT2D eigenvalue weighted by molar-refractivity contribution is 5.95. The lowest BCUT2D eigenvalue weighted by Crippen LogP contribution is -2.14. The molecule has 3 heteroatoms. The molecule has 1 saturated carbocycles. The Bertz CT molecular complexity index is 384. The van der Waals surface area contributed by atoms with Crippen LogP contribution in [0.15, 0.2) is 24.3 Å². The molecule has 0 bridgehead atoms. The van der Waals surface area contributed by atoms with Gasteiger partial charge in [-0.1, -0.05) is 25.0 Å². The van der Waals surface area contributed by atoms with E-state index in [-0.39, 0.29) is 5.97 Å². The Morgan fingerprint density at radius 3 is 2.76 bits per heavy atom. The fourth-order valence-electron chi connectivity index (χ4n) is 2.39. The standard InChI is InChI=1S/C14H19NO2/c1-17-14(16)12-8-4-5-9-13(12)15-10-11-6-2-3-7-11/h4-5,8-9,11,15H,2-3,6-7,10H2,1H3. The van der Waals surface area contributed by atoms with Gasteiger partial charge < -0.3 is 10.1 Å². The molecule has 0 amide bonds. The SMILES string of the molecule is COC(=O)c1ccccc1NCC1CCCC1. The lowest BCUT2D eigenvalue weighted by molar-refractivity contribution is 0.0602. The van der Waals surface area contributed by atoms with Gasteiger partial charge in [-0.05, 0) is 30.9 Å². The first-order valence-electron chi connectivity index (χ1n) is 6.22. The molecule has 1 aliphatic carbocycles. The molecule has 1 fully saturated rings. The van der Waals surface area contributed by atoms with Gasteiger partial charge in [0.2, 0.25) is 0 Å². The van der Waals surface area contributed by atoms with Gasteiger partial charge >= 0.3 is 5.97 Å². The number of hydrogen-bond acceptors (Lipinski definition) is 3. The third-order valence-electron chi connectivity index (χ3n) is 3.39. The van der Waals surface area contributed by atoms with E-state index in [0.29, 0.717) is 5.56 Å². The van der Waals surface area contributed by atoms with Crippen LogP contribution < -0.4 is 5.32 Å². The van der Waals surface area contributed by atoms with E-state index in [1.165, 1.54) is 32.8 Å². The molecule has 1 aliphatic rings. The lowest BCUT2D eigenvalue weighted by Gasteiger charge is -2.14. The topological polar surface area (TPSA) is 38.3 Å². The molecular weight excluding hydrogens is 214 g/mol. The van der Waals surface area contributed by atoms with E-state index < -0.39 is 0 Å². The second-order valence-electron chi connectivity index (χ2n) is 4.57. The molecule has 17 heavy (non-hydrogen) atoms. The number of methoxy groups -OCH3 is 1. The van der Waals surface area contributed by atoms with Crippen LogP contribution in [-0.4, -0.2) is 19.6 Å². The Morgan fingerprint density at radius 1 is 1.35 bits per heavy atom. The molecule has 0 saturated heterocycles. The van der Waals surface area contributed by atoms with Crippen LogP contribution in [0, 0.1) is 5.92 Å². The molecule has 1 aromatic rings. The highest BCUT2D eigenvalue weighted by Gasteiger charge is 2.16. The number of para-hydroxylation sites is 1. The summed E-state index contributed by atoms with van der Waals surface area (Å²) in [4.78, 5) is 11.6. The third-order valence-corrected chi connectivity index (χ3v) is 3.39. The number of benzene rings is 1. The molecule has 1 aromatic carbocycles. The van der Waals surface area contributed by atoms with Crippen LogP contribution in [0.25, 0.3) is 0 Å². The Balaban J connectivity index is 2.01. The maximum absolute atomic E-state index is 11.6. The van der Waals surface area contributed by atoms with E-state index in [1.807, 2.05) is 18.2 Å². The molecule has 1 N–H and O–H groups in total. The Kier molecular flexibility index (Phi) is 4.02. The van der Waals surface area contributed by atoms with Crippen LogP contribution in [0.5, 0.6) is 0 Å². The third kappa shape index (κ3) is 2.99. The van der Waals surface area contributed by atoms with Crippen LogP contribution in [0.1, 0.15) is 36.0 Å². The fourth-order valence-corrected chi connectivity index (χ4v) is 2.39. The number of carbonyl (C=O) groups excluding carboxylic acids is 1. The second-order valence-corrected chi connectivity index (χ2v) is 4.57. The molecule has 92 valence electrons. The van der Waals surface area contributed by atoms with Crippen LogP contribution in [0.3, 0.4) is 0 Å². The first kappa shape index (κ1) is 12.0. The normalized spacial score (nSPS) is 15.8. The Labute approximate surface area is 102 Å². The van der Waals surface area contributed by atoms with Crippen molar-refractivity contribution in [1.82, 2.24) is 0 Å². The molecule has 0 spiro atoms. The van der Waals surface area contributed by atoms with E-state index >= 15 is 0 Å². The maximum atomic E-state index is 11.6. The zero-order valence-corrected chi connectivity index (χ0v) is 10.2. The zero-order valence-electron chi connectivity index (χ0n) is 10.2. The largest absolute Gasteiger partial charge is 0.465 e. The minimum absolute atomic E-state index is 0.278. The smallest absolute Gasteiger partial charge is 0.339 e. The average molecular weight is 233 g/mol. The number of rotatable bonds is 4. The van der Waals surface area contributed by atoms with Gasteiger partial charge in [0.25, 0.3) is 0 Å². The van der Waals surface area contributed by atoms with Crippen molar-refractivity contribution >= 4 is 11.7 Å². The molecule has 3 nitrogen and oxygen atoms in total. The van der Waals surface area contributed by atoms with Gasteiger partial charge in [0.05, 0.1) is 12.7 Å². The summed E-state index contributed by atoms with van der Waals surface area (Å²) in [7, 11) is 1.41. The maximum Gasteiger partial charge on any atom is 0.339 e. The van der Waals surface area contributed by atoms with Gasteiger partial charge in [0.1, 0.15) is 0 Å². The fraction of sp³-hybridized carbons (Fsp3) is 0.500. The van der Waals surface area contributed by atoms with Crippen molar-refractivity contribution in [2.45, 2.75) is 25.7 Å². The Hall–Kier alpha value is -1.51. The monoisotopic (exact) mass is 233 g/mol. The number of nitrogens with one attached hydrogen (secondary N) is 1. The summed E-state index contributed by atoms with van der Waals surface area (Å²) in [6.07, 6.45) is 5.27. The molecule has 0 heterocycles. The number of anilines is 1. The van der Waals surface area contributed by atoms with Crippen LogP contribution in [0.4, 0.5) is 5.69 Å². The molecule has 2 rings (SSSR count). The number of hydrogen-bond donors (Lipinski definition) is 1. The summed E-state index contributed by atoms with van der Waals surface area (Å²) in [6.45, 7) is 0.952. The van der Waals surface area contributed by atoms with E-state index in [0.717, 1.165) is 18.2 Å². The number of esters is 1. The van der Waals surface area contributed by atoms with E-state index in [4.69, 9.17) is 4.74 Å². The average Bonchev–Trinajstić information content (AvgIpc) is 2.89. The molecule has 0 unspecified atom stereocenters. The van der Waals surface area contributed by atoms with Crippen LogP contribution in [-0.2, 0) is 4.74 Å². The van der Waals surface area contributed by atoms with Crippen molar-refractivity contribution in [2.24, 2.45) is 5.92 Å². The van der Waals surface area contributed by atoms with Crippen molar-refractivity contribution in [3.63, 3.8) is 0 Å². The molecule has 0 radical (unpaired) electrons. The number of carbonyl (C=O) groups is 1. The summed E-state index contributed by atoms with van der Waals surface area (Å²) in [5.41, 5.74) is 1.50. The molecular formula is C14H19NO2. The number of ether oxygens (including phenoxy) is 1. The first-order chi connectivity index (χ1) is 8.31. The lowest BCUT2D eigenvalue weighted by atomic mass is 10.1. The highest BCUT2D eigenvalue weighted by Crippen LogP contribution is 2.25. The minimum atomic E-state index is -0.278. The van der Waals surface area contributed by atoms with Gasteiger partial charge in [-0.15, -0.1) is 0 Å². The van der Waals surface area contributed by atoms with Crippen molar-refractivity contribution in [3.8, 4) is 0 Å². The van der Waals surface area contributed by atoms with Crippen molar-refractivity contribution in [1.29, 1.82) is 0 Å². The van der Waals surface area contributed by atoms with E-state index in [1.54, 1.807) is 6.07 Å². The van der Waals surface area contributed by atoms with Gasteiger partial charge in [-0.2, -0.15) is 0 Å². The highest BCUT2D eigenvalue weighted by atomic mass is 16.5. The summed E-state index contributed by atoms with van der Waals surface area (Å²) < 4.78 is 4.77. The summed E-state index contributed by atoms with van der Waals surface area (Å²) in [5.74, 6) is 0.472. The quantitative estimate of drug-likeness (QED) is 0.812. The van der Waals surface area contributed by atoms with Gasteiger partial charge in [-0.3, -0.25) is 0 Å². The van der Waals surface area contributed by atoms with Gasteiger partial charge in [0, 0.05) is 12.2 Å². The first-order valence-corrected chi connectivity index (χ1v) is 6.22. The molecule has 0 aliphatic heterocycles. The van der Waals surface area contributed by atoms with Crippen LogP contribution in [0.2, 0.25) is 0 Å². The second kappa shape index (κ2) is 5.71. The summed E-state index contributed by atoms with van der Waals surface area (Å²) in [6, 6.07) is 7.51. The minimum Gasteiger partial charge on any atom is -0.465 e. The zero-order chi connectivity index (χ0) is 12.1. The van der Waals surface area contributed by atoms with E-state index in [9.17, 15) is 4.79 Å². The summed E-state index contributed by atoms with van der Waals surface area (Å²) in [5, 5.41) is 3.37. The van der Waals surface area contributed by atoms with Gasteiger partial charge in [0.15, 0.2) is 0 Å². The molecule has 0 atom stereocenters. The summed E-state index contributed by atoms with van der Waals surface area (Å²) >= 11 is 0. The Morgan fingerprint density at radius 2 is 2.06 bits per heavy atom. The van der Waals surface area contributed by atoms with Crippen molar-refractivity contribution < 1.29 is 9.53 Å². The predicted octanol–water partition coefficient (Wildman–Crippen LogP) is 3.08. The molecule has 0 aromatic heterocycles. The van der Waals surface area contributed by atoms with Crippen molar-refractivity contribution in [3.05, 3.63) is 29.8 Å². The van der Waals surface area contributed by atoms with Crippen molar-refractivity contribution in [2.75, 3.05) is 19.0 Å². The predicted molar refractivity (Wildman–Crippen MR) is 68.2 cm³/mol. The van der Waals surface area contributed by atoms with Crippen LogP contribution >= 0.6 is 0 Å². The van der Waals surface area contributed by atoms with Gasteiger partial charge in [-0.25, -0.2) is 4.79 Å². The van der Waals surface area contributed by atoms with E-state index in [2.05, 4.69) is 5.32 Å².